The molecule has 0 aromatic carbocycles. The number of hydrogen-bond donors (Lipinski definition) is 3. The SMILES string of the molecule is CN(C)CCC(N)(O[P+](=O)O)O[P+](=O)O. The van der Waals surface area contributed by atoms with Crippen LogP contribution in [0.2, 0.25) is 0 Å². The molecule has 0 radical (unpaired) electrons. The van der Waals surface area contributed by atoms with E-state index in [0.717, 1.165) is 0 Å². The minimum absolute atomic E-state index is 0.0245. The Balaban J connectivity index is 4.39. The molecule has 0 amide bonds. The van der Waals surface area contributed by atoms with E-state index in [0.29, 0.717) is 6.54 Å². The minimum Gasteiger partial charge on any atom is -0.309 e. The fourth-order valence-corrected chi connectivity index (χ4v) is 1.60. The molecule has 0 bridgehead atoms. The van der Waals surface area contributed by atoms with Crippen molar-refractivity contribution < 1.29 is 28.0 Å². The van der Waals surface area contributed by atoms with Crippen molar-refractivity contribution in [2.24, 2.45) is 5.73 Å². The molecular formula is C5H14N2O6P2+2. The maximum atomic E-state index is 10.4. The van der Waals surface area contributed by atoms with Gasteiger partial charge in [-0.05, 0) is 14.1 Å². The van der Waals surface area contributed by atoms with Gasteiger partial charge < -0.3 is 4.90 Å². The Kier molecular flexibility index (Phi) is 6.51. The summed E-state index contributed by atoms with van der Waals surface area (Å²) in [5.41, 5.74) is 5.39. The summed E-state index contributed by atoms with van der Waals surface area (Å²) in [5, 5.41) is 0. The Bertz CT molecular complexity index is 232. The van der Waals surface area contributed by atoms with Gasteiger partial charge in [0, 0.05) is 22.1 Å². The molecule has 0 rings (SSSR count). The standard InChI is InChI=1S/C5H12N2O6P2/c1-7(2)4-3-5(6,12-14(8)9)13-15(10)11/h3-4,6H2,1-2H3/p+2. The molecule has 0 heterocycles. The first-order valence-electron chi connectivity index (χ1n) is 3.89. The molecule has 0 spiro atoms. The molecule has 4 N–H and O–H groups in total. The average molecular weight is 260 g/mol. The Morgan fingerprint density at radius 2 is 1.67 bits per heavy atom. The Morgan fingerprint density at radius 1 is 1.27 bits per heavy atom. The lowest BCUT2D eigenvalue weighted by Crippen LogP contribution is -2.44. The summed E-state index contributed by atoms with van der Waals surface area (Å²) in [6, 6.07) is 0. The third-order valence-electron chi connectivity index (χ3n) is 1.37. The molecule has 15 heavy (non-hydrogen) atoms. The van der Waals surface area contributed by atoms with E-state index in [1.165, 1.54) is 0 Å². The van der Waals surface area contributed by atoms with E-state index in [2.05, 4.69) is 9.05 Å². The first-order valence-corrected chi connectivity index (χ1v) is 6.15. The third-order valence-corrected chi connectivity index (χ3v) is 2.30. The zero-order chi connectivity index (χ0) is 12.1. The van der Waals surface area contributed by atoms with E-state index in [-0.39, 0.29) is 6.42 Å². The quantitative estimate of drug-likeness (QED) is 0.427. The second-order valence-electron chi connectivity index (χ2n) is 3.02. The van der Waals surface area contributed by atoms with Gasteiger partial charge in [0.15, 0.2) is 0 Å². The summed E-state index contributed by atoms with van der Waals surface area (Å²) in [6.45, 7) is 0.364. The van der Waals surface area contributed by atoms with E-state index in [1.807, 2.05) is 0 Å². The van der Waals surface area contributed by atoms with E-state index in [9.17, 15) is 9.13 Å². The highest BCUT2D eigenvalue weighted by Gasteiger charge is 2.45. The normalized spacial score (nSPS) is 17.5. The van der Waals surface area contributed by atoms with Crippen LogP contribution in [0.4, 0.5) is 0 Å². The molecule has 0 aromatic rings. The number of nitrogens with two attached hydrogens (primary N) is 1. The van der Waals surface area contributed by atoms with Crippen molar-refractivity contribution in [1.29, 1.82) is 0 Å². The van der Waals surface area contributed by atoms with E-state index < -0.39 is 22.4 Å². The fourth-order valence-electron chi connectivity index (χ4n) is 0.752. The van der Waals surface area contributed by atoms with Gasteiger partial charge in [0.05, 0.1) is 0 Å². The van der Waals surface area contributed by atoms with Gasteiger partial charge in [-0.1, -0.05) is 9.05 Å². The van der Waals surface area contributed by atoms with Crippen LogP contribution in [-0.2, 0) is 18.2 Å². The first-order chi connectivity index (χ1) is 6.75. The van der Waals surface area contributed by atoms with Crippen molar-refractivity contribution in [3.8, 4) is 0 Å². The van der Waals surface area contributed by atoms with Crippen LogP contribution >= 0.6 is 16.5 Å². The van der Waals surface area contributed by atoms with Crippen molar-refractivity contribution in [3.63, 3.8) is 0 Å². The lowest BCUT2D eigenvalue weighted by atomic mass is 10.3. The van der Waals surface area contributed by atoms with E-state index >= 15 is 0 Å². The fraction of sp³-hybridized carbons (Fsp3) is 1.00. The molecule has 2 atom stereocenters. The van der Waals surface area contributed by atoms with Gasteiger partial charge in [-0.3, -0.25) is 5.73 Å². The first kappa shape index (κ1) is 15.0. The Morgan fingerprint density at radius 3 is 1.93 bits per heavy atom. The highest BCUT2D eigenvalue weighted by Crippen LogP contribution is 2.32. The third kappa shape index (κ3) is 7.84. The molecule has 0 aromatic heterocycles. The predicted octanol–water partition coefficient (Wildman–Crippen LogP) is -0.117. The maximum Gasteiger partial charge on any atom is 0.699 e. The molecule has 0 aliphatic heterocycles. The summed E-state index contributed by atoms with van der Waals surface area (Å²) < 4.78 is 29.5. The molecule has 0 saturated carbocycles. The molecule has 0 saturated heterocycles. The summed E-state index contributed by atoms with van der Waals surface area (Å²) in [4.78, 5) is 18.7. The summed E-state index contributed by atoms with van der Waals surface area (Å²) in [6.07, 6.45) is -0.0245. The van der Waals surface area contributed by atoms with Crippen LogP contribution in [0, 0.1) is 0 Å². The number of nitrogens with zero attached hydrogens (tertiary/aromatic N) is 1. The largest absolute Gasteiger partial charge is 0.699 e. The van der Waals surface area contributed by atoms with Gasteiger partial charge >= 0.3 is 22.4 Å². The number of rotatable bonds is 7. The average Bonchev–Trinajstić information content (AvgIpc) is 1.97. The van der Waals surface area contributed by atoms with Gasteiger partial charge in [-0.2, -0.15) is 0 Å². The predicted molar refractivity (Wildman–Crippen MR) is 51.9 cm³/mol. The van der Waals surface area contributed by atoms with Crippen LogP contribution in [0.3, 0.4) is 0 Å². The smallest absolute Gasteiger partial charge is 0.309 e. The zero-order valence-corrected chi connectivity index (χ0v) is 10.1. The van der Waals surface area contributed by atoms with Gasteiger partial charge in [0.2, 0.25) is 0 Å². The van der Waals surface area contributed by atoms with Crippen molar-refractivity contribution in [2.45, 2.75) is 12.3 Å². The number of hydrogen-bond acceptors (Lipinski definition) is 6. The summed E-state index contributed by atoms with van der Waals surface area (Å²) in [7, 11) is -2.55. The van der Waals surface area contributed by atoms with E-state index in [1.54, 1.807) is 19.0 Å². The van der Waals surface area contributed by atoms with Crippen molar-refractivity contribution in [1.82, 2.24) is 4.90 Å². The summed E-state index contributed by atoms with van der Waals surface area (Å²) in [5.74, 6) is -2.03. The molecular weight excluding hydrogens is 246 g/mol. The second-order valence-corrected chi connectivity index (χ2v) is 4.34. The minimum atomic E-state index is -3.01. The lowest BCUT2D eigenvalue weighted by molar-refractivity contribution is -0.118. The highest BCUT2D eigenvalue weighted by molar-refractivity contribution is 7.33. The zero-order valence-electron chi connectivity index (χ0n) is 8.36. The molecule has 2 unspecified atom stereocenters. The Hall–Kier alpha value is -0.0400. The van der Waals surface area contributed by atoms with Crippen molar-refractivity contribution in [2.75, 3.05) is 20.6 Å². The maximum absolute atomic E-state index is 10.4. The van der Waals surface area contributed by atoms with Crippen LogP contribution < -0.4 is 5.73 Å². The van der Waals surface area contributed by atoms with Gasteiger partial charge in [0.1, 0.15) is 0 Å². The molecule has 88 valence electrons. The molecule has 0 aliphatic rings. The van der Waals surface area contributed by atoms with Crippen LogP contribution in [-0.4, -0.2) is 41.2 Å². The van der Waals surface area contributed by atoms with E-state index in [4.69, 9.17) is 15.5 Å². The van der Waals surface area contributed by atoms with Crippen molar-refractivity contribution in [3.05, 3.63) is 0 Å². The van der Waals surface area contributed by atoms with Gasteiger partial charge in [-0.15, -0.1) is 9.79 Å². The highest BCUT2D eigenvalue weighted by atomic mass is 31.1. The summed E-state index contributed by atoms with van der Waals surface area (Å²) >= 11 is 0. The second kappa shape index (κ2) is 6.52. The van der Waals surface area contributed by atoms with Crippen molar-refractivity contribution >= 4 is 16.5 Å². The molecule has 8 nitrogen and oxygen atoms in total. The van der Waals surface area contributed by atoms with Crippen LogP contribution in [0.5, 0.6) is 0 Å². The van der Waals surface area contributed by atoms with Crippen LogP contribution in [0.1, 0.15) is 6.42 Å². The van der Waals surface area contributed by atoms with Gasteiger partial charge in [0.25, 0.3) is 0 Å². The Labute approximate surface area is 88.9 Å². The monoisotopic (exact) mass is 260 g/mol. The molecule has 10 heteroatoms. The van der Waals surface area contributed by atoms with Gasteiger partial charge in [-0.25, -0.2) is 0 Å². The topological polar surface area (TPSA) is 122 Å². The molecule has 0 aliphatic carbocycles. The lowest BCUT2D eigenvalue weighted by Gasteiger charge is -2.17. The molecule has 0 fully saturated rings. The van der Waals surface area contributed by atoms with Crippen LogP contribution in [0.15, 0.2) is 0 Å². The van der Waals surface area contributed by atoms with Crippen LogP contribution in [0.25, 0.3) is 0 Å².